The van der Waals surface area contributed by atoms with E-state index in [4.69, 9.17) is 10.5 Å². The predicted molar refractivity (Wildman–Crippen MR) is 121 cm³/mol. The Bertz CT molecular complexity index is 991. The number of nitrogens with two attached hydrogens (primary N) is 1. The van der Waals surface area contributed by atoms with Gasteiger partial charge in [0.25, 0.3) is 0 Å². The second-order valence-electron chi connectivity index (χ2n) is 7.74. The first kappa shape index (κ1) is 18.6. The first-order valence-corrected chi connectivity index (χ1v) is 10.2. The molecule has 30 heavy (non-hydrogen) atoms. The molecule has 7 nitrogen and oxygen atoms in total. The van der Waals surface area contributed by atoms with E-state index in [0.717, 1.165) is 43.4 Å². The number of fused-ring (bicyclic) bond motifs is 1. The number of piperazine rings is 1. The number of allylic oxidation sites excluding steroid dienone is 2. The van der Waals surface area contributed by atoms with Crippen LogP contribution in [-0.2, 0) is 0 Å². The summed E-state index contributed by atoms with van der Waals surface area (Å²) in [6, 6.07) is 16.1. The molecule has 7 heteroatoms. The summed E-state index contributed by atoms with van der Waals surface area (Å²) in [6.07, 6.45) is 7.53. The lowest BCUT2D eigenvalue weighted by atomic mass is 10.2. The summed E-state index contributed by atoms with van der Waals surface area (Å²) in [7, 11) is 2.18. The quantitative estimate of drug-likeness (QED) is 0.794. The van der Waals surface area contributed by atoms with Gasteiger partial charge in [-0.05, 0) is 55.6 Å². The largest absolute Gasteiger partial charge is 0.465 e. The van der Waals surface area contributed by atoms with Crippen molar-refractivity contribution in [2.24, 2.45) is 5.10 Å². The molecular weight excluding hydrogens is 376 g/mol. The van der Waals surface area contributed by atoms with Gasteiger partial charge in [-0.15, -0.1) is 0 Å². The van der Waals surface area contributed by atoms with Gasteiger partial charge in [0.15, 0.2) is 0 Å². The van der Waals surface area contributed by atoms with Gasteiger partial charge in [0, 0.05) is 49.3 Å². The summed E-state index contributed by atoms with van der Waals surface area (Å²) < 4.78 is 6.11. The van der Waals surface area contributed by atoms with E-state index in [-0.39, 0.29) is 6.23 Å². The van der Waals surface area contributed by atoms with E-state index in [1.54, 1.807) is 0 Å². The number of rotatable bonds is 4. The third-order valence-electron chi connectivity index (χ3n) is 5.65. The van der Waals surface area contributed by atoms with Crippen LogP contribution >= 0.6 is 0 Å². The monoisotopic (exact) mass is 402 g/mol. The topological polar surface area (TPSA) is 60.6 Å². The number of hydrogen-bond donors (Lipinski definition) is 1. The Morgan fingerprint density at radius 2 is 1.77 bits per heavy atom. The molecule has 1 atom stereocenters. The number of likely N-dealkylation sites (N-methyl/N-ethyl adjacent to an activating group) is 1. The SMILES string of the molecule is CN1CCN(c2ccc(N3C=NN4C3=CC=CC4Oc3cccc(N)c3)cc2)CC1. The number of nitrogen functional groups attached to an aromatic ring is 1. The average Bonchev–Trinajstić information content (AvgIpc) is 3.20. The maximum absolute atomic E-state index is 6.11. The molecule has 0 radical (unpaired) electrons. The maximum atomic E-state index is 6.11. The van der Waals surface area contributed by atoms with E-state index < -0.39 is 0 Å². The van der Waals surface area contributed by atoms with Gasteiger partial charge in [0.05, 0.1) is 0 Å². The molecule has 0 aliphatic carbocycles. The first-order valence-electron chi connectivity index (χ1n) is 10.2. The molecule has 1 saturated heterocycles. The van der Waals surface area contributed by atoms with Gasteiger partial charge >= 0.3 is 0 Å². The highest BCUT2D eigenvalue weighted by Gasteiger charge is 2.31. The molecule has 3 aliphatic rings. The van der Waals surface area contributed by atoms with Crippen LogP contribution in [0.5, 0.6) is 5.75 Å². The molecule has 1 fully saturated rings. The fourth-order valence-corrected chi connectivity index (χ4v) is 3.91. The second kappa shape index (κ2) is 7.76. The number of hydrogen-bond acceptors (Lipinski definition) is 7. The lowest BCUT2D eigenvalue weighted by molar-refractivity contribution is 0.0966. The molecule has 154 valence electrons. The van der Waals surface area contributed by atoms with E-state index in [9.17, 15) is 0 Å². The number of ether oxygens (including phenoxy) is 1. The van der Waals surface area contributed by atoms with Crippen molar-refractivity contribution >= 4 is 23.4 Å². The molecule has 2 aromatic carbocycles. The summed E-state index contributed by atoms with van der Waals surface area (Å²) in [6.45, 7) is 4.33. The molecule has 0 amide bonds. The van der Waals surface area contributed by atoms with Gasteiger partial charge in [-0.25, -0.2) is 5.01 Å². The number of hydrazone groups is 1. The van der Waals surface area contributed by atoms with Crippen LogP contribution in [-0.4, -0.2) is 55.7 Å². The van der Waals surface area contributed by atoms with Crippen LogP contribution in [0.25, 0.3) is 0 Å². The van der Waals surface area contributed by atoms with Crippen molar-refractivity contribution in [3.05, 3.63) is 72.6 Å². The van der Waals surface area contributed by atoms with E-state index >= 15 is 0 Å². The van der Waals surface area contributed by atoms with E-state index in [0.29, 0.717) is 5.69 Å². The molecular formula is C23H26N6O. The molecule has 2 aromatic rings. The van der Waals surface area contributed by atoms with Crippen LogP contribution in [0.1, 0.15) is 0 Å². The Labute approximate surface area is 176 Å². The van der Waals surface area contributed by atoms with E-state index in [1.807, 2.05) is 53.8 Å². The Morgan fingerprint density at radius 3 is 2.53 bits per heavy atom. The zero-order chi connectivity index (χ0) is 20.5. The van der Waals surface area contributed by atoms with Gasteiger partial charge in [-0.2, -0.15) is 5.10 Å². The van der Waals surface area contributed by atoms with Gasteiger partial charge in [0.2, 0.25) is 6.23 Å². The zero-order valence-corrected chi connectivity index (χ0v) is 17.1. The smallest absolute Gasteiger partial charge is 0.213 e. The lowest BCUT2D eigenvalue weighted by Gasteiger charge is -2.34. The summed E-state index contributed by atoms with van der Waals surface area (Å²) in [5.74, 6) is 1.68. The molecule has 0 aromatic heterocycles. The van der Waals surface area contributed by atoms with Gasteiger partial charge in [-0.1, -0.05) is 12.1 Å². The average molecular weight is 403 g/mol. The van der Waals surface area contributed by atoms with Crippen LogP contribution in [0.4, 0.5) is 17.1 Å². The summed E-state index contributed by atoms with van der Waals surface area (Å²) in [4.78, 5) is 6.88. The van der Waals surface area contributed by atoms with Crippen LogP contribution in [0.15, 0.2) is 77.7 Å². The standard InChI is InChI=1S/C23H26N6O/c1-26-12-14-27(15-13-26)19-8-10-20(11-9-19)28-17-25-29-22(28)6-3-7-23(29)30-21-5-2-4-18(24)16-21/h2-11,16-17,23H,12-15,24H2,1H3. The molecule has 0 bridgehead atoms. The first-order chi connectivity index (χ1) is 14.7. The minimum atomic E-state index is -0.322. The predicted octanol–water partition coefficient (Wildman–Crippen LogP) is 2.90. The molecule has 0 spiro atoms. The summed E-state index contributed by atoms with van der Waals surface area (Å²) in [5, 5.41) is 6.45. The molecule has 2 N–H and O–H groups in total. The zero-order valence-electron chi connectivity index (χ0n) is 17.1. The Balaban J connectivity index is 1.30. The molecule has 3 heterocycles. The van der Waals surface area contributed by atoms with Crippen molar-refractivity contribution in [1.29, 1.82) is 0 Å². The highest BCUT2D eigenvalue weighted by atomic mass is 16.5. The fourth-order valence-electron chi connectivity index (χ4n) is 3.91. The van der Waals surface area contributed by atoms with Crippen LogP contribution in [0.2, 0.25) is 0 Å². The number of anilines is 3. The Morgan fingerprint density at radius 1 is 1.00 bits per heavy atom. The molecule has 3 aliphatic heterocycles. The van der Waals surface area contributed by atoms with E-state index in [2.05, 4.69) is 51.1 Å². The van der Waals surface area contributed by atoms with E-state index in [1.165, 1.54) is 5.69 Å². The van der Waals surface area contributed by atoms with Crippen LogP contribution < -0.4 is 20.3 Å². The van der Waals surface area contributed by atoms with Crippen molar-refractivity contribution in [3.8, 4) is 5.75 Å². The minimum Gasteiger partial charge on any atom is -0.465 e. The highest BCUT2D eigenvalue weighted by Crippen LogP contribution is 2.31. The van der Waals surface area contributed by atoms with Gasteiger partial charge < -0.3 is 20.3 Å². The molecule has 5 rings (SSSR count). The Kier molecular flexibility index (Phi) is 4.80. The minimum absolute atomic E-state index is 0.322. The van der Waals surface area contributed by atoms with Crippen molar-refractivity contribution in [2.45, 2.75) is 6.23 Å². The lowest BCUT2D eigenvalue weighted by Crippen LogP contribution is -2.44. The Hall–Kier alpha value is -3.45. The summed E-state index contributed by atoms with van der Waals surface area (Å²) in [5.41, 5.74) is 8.89. The van der Waals surface area contributed by atoms with Gasteiger partial charge in [0.1, 0.15) is 17.9 Å². The molecule has 1 unspecified atom stereocenters. The van der Waals surface area contributed by atoms with Gasteiger partial charge in [-0.3, -0.25) is 4.90 Å². The van der Waals surface area contributed by atoms with Crippen LogP contribution in [0.3, 0.4) is 0 Å². The van der Waals surface area contributed by atoms with Crippen molar-refractivity contribution in [2.75, 3.05) is 48.8 Å². The number of benzene rings is 2. The normalized spacial score (nSPS) is 21.0. The third kappa shape index (κ3) is 3.59. The fraction of sp³-hybridized carbons (Fsp3) is 0.261. The highest BCUT2D eigenvalue weighted by molar-refractivity contribution is 5.86. The molecule has 0 saturated carbocycles. The second-order valence-corrected chi connectivity index (χ2v) is 7.74. The third-order valence-corrected chi connectivity index (χ3v) is 5.65. The maximum Gasteiger partial charge on any atom is 0.213 e. The van der Waals surface area contributed by atoms with Crippen molar-refractivity contribution < 1.29 is 4.74 Å². The number of nitrogens with zero attached hydrogens (tertiary/aromatic N) is 5. The summed E-state index contributed by atoms with van der Waals surface area (Å²) >= 11 is 0. The van der Waals surface area contributed by atoms with Crippen molar-refractivity contribution in [1.82, 2.24) is 9.91 Å². The van der Waals surface area contributed by atoms with Crippen molar-refractivity contribution in [3.63, 3.8) is 0 Å². The van der Waals surface area contributed by atoms with Crippen LogP contribution in [0, 0.1) is 0 Å².